The zero-order chi connectivity index (χ0) is 25.3. The summed E-state index contributed by atoms with van der Waals surface area (Å²) in [4.78, 5) is 31.0. The van der Waals surface area contributed by atoms with E-state index in [0.717, 1.165) is 22.2 Å². The van der Waals surface area contributed by atoms with E-state index in [4.69, 9.17) is 11.6 Å². The van der Waals surface area contributed by atoms with E-state index in [2.05, 4.69) is 43.3 Å². The zero-order valence-electron chi connectivity index (χ0n) is 20.5. The number of amides is 2. The van der Waals surface area contributed by atoms with Crippen LogP contribution in [0.25, 0.3) is 22.0 Å². The van der Waals surface area contributed by atoms with Gasteiger partial charge in [0.15, 0.2) is 0 Å². The van der Waals surface area contributed by atoms with Crippen LogP contribution in [0.2, 0.25) is 5.02 Å². The second kappa shape index (κ2) is 9.92. The van der Waals surface area contributed by atoms with Crippen LogP contribution in [0.15, 0.2) is 65.7 Å². The first-order chi connectivity index (χ1) is 16.7. The van der Waals surface area contributed by atoms with Crippen molar-refractivity contribution in [1.82, 2.24) is 9.55 Å². The number of halogens is 1. The number of rotatable bonds is 5. The normalized spacial score (nSPS) is 11.3. The van der Waals surface area contributed by atoms with Gasteiger partial charge in [-0.2, -0.15) is 0 Å². The highest BCUT2D eigenvalue weighted by Crippen LogP contribution is 2.37. The second-order valence-electron chi connectivity index (χ2n) is 9.19. The molecular weight excluding hydrogens is 460 g/mol. The van der Waals surface area contributed by atoms with E-state index < -0.39 is 6.03 Å². The van der Waals surface area contributed by atoms with Crippen LogP contribution >= 0.6 is 11.6 Å². The van der Waals surface area contributed by atoms with Crippen LogP contribution in [-0.2, 0) is 7.05 Å². The fourth-order valence-corrected chi connectivity index (χ4v) is 4.63. The Morgan fingerprint density at radius 1 is 0.914 bits per heavy atom. The van der Waals surface area contributed by atoms with E-state index >= 15 is 0 Å². The van der Waals surface area contributed by atoms with Crippen LogP contribution in [0.5, 0.6) is 0 Å². The zero-order valence-corrected chi connectivity index (χ0v) is 21.3. The largest absolute Gasteiger partial charge is 0.323 e. The van der Waals surface area contributed by atoms with Gasteiger partial charge in [-0.05, 0) is 35.1 Å². The molecule has 0 saturated carbocycles. The van der Waals surface area contributed by atoms with Crippen molar-refractivity contribution in [3.63, 3.8) is 0 Å². The summed E-state index contributed by atoms with van der Waals surface area (Å²) in [6.45, 7) is 8.35. The third-order valence-electron chi connectivity index (χ3n) is 6.19. The van der Waals surface area contributed by atoms with Crippen LogP contribution in [0.3, 0.4) is 0 Å². The first-order valence-corrected chi connectivity index (χ1v) is 12.0. The Hall–Kier alpha value is -3.64. The maximum Gasteiger partial charge on any atom is 0.323 e. The van der Waals surface area contributed by atoms with Crippen LogP contribution < -0.4 is 16.2 Å². The van der Waals surface area contributed by atoms with Gasteiger partial charge in [0.1, 0.15) is 5.69 Å². The van der Waals surface area contributed by atoms with Gasteiger partial charge < -0.3 is 15.2 Å². The lowest BCUT2D eigenvalue weighted by Gasteiger charge is -2.21. The summed E-state index contributed by atoms with van der Waals surface area (Å²) in [5, 5.41) is 7.13. The molecule has 0 aliphatic carbocycles. The number of para-hydroxylation sites is 1. The number of carbonyl (C=O) groups is 1. The molecule has 0 atom stereocenters. The van der Waals surface area contributed by atoms with E-state index in [1.165, 1.54) is 4.57 Å². The van der Waals surface area contributed by atoms with Crippen molar-refractivity contribution in [2.75, 3.05) is 10.6 Å². The quantitative estimate of drug-likeness (QED) is 0.313. The number of aromatic nitrogens is 2. The molecule has 0 saturated heterocycles. The van der Waals surface area contributed by atoms with Crippen LogP contribution in [-0.4, -0.2) is 15.6 Å². The van der Waals surface area contributed by atoms with E-state index in [-0.39, 0.29) is 23.1 Å². The van der Waals surface area contributed by atoms with Crippen molar-refractivity contribution in [2.24, 2.45) is 7.05 Å². The molecule has 7 heteroatoms. The lowest BCUT2D eigenvalue weighted by atomic mass is 9.93. The molecule has 35 heavy (non-hydrogen) atoms. The van der Waals surface area contributed by atoms with Gasteiger partial charge in [-0.15, -0.1) is 0 Å². The minimum absolute atomic E-state index is 0.157. The van der Waals surface area contributed by atoms with Crippen molar-refractivity contribution < 1.29 is 4.79 Å². The van der Waals surface area contributed by atoms with Crippen LogP contribution in [0, 0.1) is 0 Å². The molecule has 2 N–H and O–H groups in total. The number of nitrogens with zero attached hydrogens (tertiary/aromatic N) is 2. The first kappa shape index (κ1) is 24.5. The first-order valence-electron chi connectivity index (χ1n) is 11.6. The topological polar surface area (TPSA) is 76.0 Å². The summed E-state index contributed by atoms with van der Waals surface area (Å²) < 4.78 is 1.49. The molecule has 6 nitrogen and oxygen atoms in total. The predicted octanol–water partition coefficient (Wildman–Crippen LogP) is 7.14. The highest BCUT2D eigenvalue weighted by Gasteiger charge is 2.22. The van der Waals surface area contributed by atoms with E-state index in [0.29, 0.717) is 21.7 Å². The van der Waals surface area contributed by atoms with Gasteiger partial charge in [-0.1, -0.05) is 75.7 Å². The predicted molar refractivity (Wildman–Crippen MR) is 145 cm³/mol. The molecule has 2 heterocycles. The van der Waals surface area contributed by atoms with Gasteiger partial charge >= 0.3 is 6.03 Å². The highest BCUT2D eigenvalue weighted by atomic mass is 35.5. The van der Waals surface area contributed by atoms with Crippen molar-refractivity contribution in [2.45, 2.75) is 39.5 Å². The Morgan fingerprint density at radius 3 is 2.17 bits per heavy atom. The smallest absolute Gasteiger partial charge is 0.308 e. The average Bonchev–Trinajstić information content (AvgIpc) is 2.83. The number of nitrogens with one attached hydrogen (secondary N) is 2. The Balaban J connectivity index is 1.87. The third-order valence-corrected chi connectivity index (χ3v) is 6.52. The number of fused-ring (bicyclic) bond motifs is 1. The fourth-order valence-electron chi connectivity index (χ4n) is 4.40. The van der Waals surface area contributed by atoms with E-state index in [1.807, 2.05) is 42.5 Å². The molecule has 0 spiro atoms. The maximum absolute atomic E-state index is 13.5. The molecule has 0 radical (unpaired) electrons. The molecule has 0 aliphatic rings. The number of benzene rings is 2. The molecule has 0 unspecified atom stereocenters. The molecule has 0 bridgehead atoms. The molecule has 4 rings (SSSR count). The Bertz CT molecular complexity index is 1450. The van der Waals surface area contributed by atoms with Gasteiger partial charge in [0.05, 0.1) is 11.7 Å². The SMILES string of the molecule is CC(C)c1cccc(C(C)C)c1NC(=O)Nc1c(-c2ccccc2Cl)c2ccncc2n(C)c1=O. The highest BCUT2D eigenvalue weighted by molar-refractivity contribution is 6.34. The third kappa shape index (κ3) is 4.66. The number of carbonyl (C=O) groups excluding carboxylic acids is 1. The fraction of sp³-hybridized carbons (Fsp3) is 0.250. The van der Waals surface area contributed by atoms with Crippen LogP contribution in [0.1, 0.15) is 50.7 Å². The Labute approximate surface area is 210 Å². The summed E-state index contributed by atoms with van der Waals surface area (Å²) in [5.41, 5.74) is 4.52. The average molecular weight is 489 g/mol. The van der Waals surface area contributed by atoms with Gasteiger partial charge in [-0.3, -0.25) is 9.78 Å². The number of urea groups is 1. The molecule has 2 amide bonds. The Kier molecular flexibility index (Phi) is 6.94. The maximum atomic E-state index is 13.5. The summed E-state index contributed by atoms with van der Waals surface area (Å²) in [6.07, 6.45) is 3.29. The van der Waals surface area contributed by atoms with Crippen molar-refractivity contribution >= 4 is 39.9 Å². The van der Waals surface area contributed by atoms with Crippen molar-refractivity contribution in [3.8, 4) is 11.1 Å². The molecule has 2 aromatic carbocycles. The minimum atomic E-state index is -0.487. The number of anilines is 2. The monoisotopic (exact) mass is 488 g/mol. The number of pyridine rings is 2. The Morgan fingerprint density at radius 2 is 1.54 bits per heavy atom. The number of hydrogen-bond acceptors (Lipinski definition) is 3. The molecule has 0 fully saturated rings. The van der Waals surface area contributed by atoms with E-state index in [1.54, 1.807) is 25.5 Å². The molecule has 0 aliphatic heterocycles. The van der Waals surface area contributed by atoms with Gasteiger partial charge in [0.2, 0.25) is 0 Å². The van der Waals surface area contributed by atoms with Crippen molar-refractivity contribution in [3.05, 3.63) is 87.4 Å². The van der Waals surface area contributed by atoms with Crippen molar-refractivity contribution in [1.29, 1.82) is 0 Å². The summed E-state index contributed by atoms with van der Waals surface area (Å²) in [7, 11) is 1.66. The second-order valence-corrected chi connectivity index (χ2v) is 9.59. The molecule has 4 aromatic rings. The van der Waals surface area contributed by atoms with E-state index in [9.17, 15) is 9.59 Å². The lowest BCUT2D eigenvalue weighted by molar-refractivity contribution is 0.262. The number of hydrogen-bond donors (Lipinski definition) is 2. The lowest BCUT2D eigenvalue weighted by Crippen LogP contribution is -2.29. The summed E-state index contributed by atoms with van der Waals surface area (Å²) in [5.74, 6) is 0.424. The molecular formula is C28H29ClN4O2. The summed E-state index contributed by atoms with van der Waals surface area (Å²) in [6, 6.07) is 14.7. The van der Waals surface area contributed by atoms with Gasteiger partial charge in [0.25, 0.3) is 5.56 Å². The number of aryl methyl sites for hydroxylation is 1. The van der Waals surface area contributed by atoms with Gasteiger partial charge in [-0.25, -0.2) is 4.79 Å². The summed E-state index contributed by atoms with van der Waals surface area (Å²) >= 11 is 6.55. The van der Waals surface area contributed by atoms with Gasteiger partial charge in [0, 0.05) is 40.5 Å². The van der Waals surface area contributed by atoms with Crippen LogP contribution in [0.4, 0.5) is 16.2 Å². The molecule has 180 valence electrons. The minimum Gasteiger partial charge on any atom is -0.308 e. The standard InChI is InChI=1S/C28H29ClN4O2/c1-16(2)18-10-8-11-19(17(3)4)25(18)31-28(35)32-26-24(20-9-6-7-12-22(20)29)21-13-14-30-15-23(21)33(5)27(26)34/h6-17H,1-5H3,(H2,31,32,35). The molecule has 2 aromatic heterocycles.